The summed E-state index contributed by atoms with van der Waals surface area (Å²) in [5, 5.41) is 18.1. The lowest BCUT2D eigenvalue weighted by Gasteiger charge is -2.19. The number of aliphatic hydroxyl groups excluding tert-OH is 1. The summed E-state index contributed by atoms with van der Waals surface area (Å²) in [6, 6.07) is 7.55. The first kappa shape index (κ1) is 18.4. The van der Waals surface area contributed by atoms with Gasteiger partial charge in [-0.05, 0) is 68.3 Å². The summed E-state index contributed by atoms with van der Waals surface area (Å²) in [7, 11) is 0. The van der Waals surface area contributed by atoms with E-state index in [1.807, 2.05) is 38.1 Å². The molecular formula is C21H25N5O2. The Balaban J connectivity index is 1.80. The normalized spacial score (nSPS) is 19.1. The van der Waals surface area contributed by atoms with Crippen molar-refractivity contribution in [3.63, 3.8) is 0 Å². The first-order chi connectivity index (χ1) is 13.5. The van der Waals surface area contributed by atoms with E-state index in [9.17, 15) is 9.90 Å². The number of hydrogen-bond acceptors (Lipinski definition) is 6. The Morgan fingerprint density at radius 3 is 2.82 bits per heavy atom. The molecule has 0 amide bonds. The fourth-order valence-electron chi connectivity index (χ4n) is 3.74. The van der Waals surface area contributed by atoms with Gasteiger partial charge in [-0.2, -0.15) is 0 Å². The molecule has 4 rings (SSSR count). The van der Waals surface area contributed by atoms with Gasteiger partial charge in [0, 0.05) is 18.9 Å². The average Bonchev–Trinajstić information content (AvgIpc) is 3.06. The summed E-state index contributed by atoms with van der Waals surface area (Å²) < 4.78 is 1.66. The van der Waals surface area contributed by atoms with Gasteiger partial charge in [-0.3, -0.25) is 4.79 Å². The predicted octanol–water partition coefficient (Wildman–Crippen LogP) is 3.19. The molecule has 7 heteroatoms. The van der Waals surface area contributed by atoms with Crippen LogP contribution in [-0.4, -0.2) is 31.8 Å². The Labute approximate surface area is 163 Å². The Hall–Kier alpha value is -2.93. The lowest BCUT2D eigenvalue weighted by molar-refractivity contribution is 0.171. The maximum Gasteiger partial charge on any atom is 0.262 e. The molecule has 0 bridgehead atoms. The molecule has 2 atom stereocenters. The second-order valence-corrected chi connectivity index (χ2v) is 7.32. The van der Waals surface area contributed by atoms with Crippen molar-refractivity contribution >= 4 is 28.2 Å². The van der Waals surface area contributed by atoms with Crippen molar-refractivity contribution in [2.75, 3.05) is 10.6 Å². The summed E-state index contributed by atoms with van der Waals surface area (Å²) in [6.07, 6.45) is 5.70. The van der Waals surface area contributed by atoms with Crippen molar-refractivity contribution in [2.45, 2.75) is 51.8 Å². The number of nitrogens with zero attached hydrogens (tertiary/aromatic N) is 3. The number of nitrogens with one attached hydrogen (secondary N) is 2. The molecule has 7 nitrogen and oxygen atoms in total. The number of pyridine rings is 3. The highest BCUT2D eigenvalue weighted by Gasteiger charge is 2.26. The maximum atomic E-state index is 12.9. The minimum Gasteiger partial charge on any atom is -0.391 e. The predicted molar refractivity (Wildman–Crippen MR) is 111 cm³/mol. The first-order valence-corrected chi connectivity index (χ1v) is 9.73. The topological polar surface area (TPSA) is 92.1 Å². The molecule has 3 heterocycles. The van der Waals surface area contributed by atoms with E-state index in [0.717, 1.165) is 30.2 Å². The summed E-state index contributed by atoms with van der Waals surface area (Å²) in [4.78, 5) is 21.9. The van der Waals surface area contributed by atoms with Crippen molar-refractivity contribution < 1.29 is 5.11 Å². The van der Waals surface area contributed by atoms with Crippen molar-refractivity contribution in [1.29, 1.82) is 0 Å². The largest absolute Gasteiger partial charge is 0.391 e. The van der Waals surface area contributed by atoms with Gasteiger partial charge in [0.2, 0.25) is 0 Å². The van der Waals surface area contributed by atoms with Crippen LogP contribution < -0.4 is 16.2 Å². The second kappa shape index (κ2) is 7.59. The van der Waals surface area contributed by atoms with Crippen molar-refractivity contribution in [2.24, 2.45) is 0 Å². The van der Waals surface area contributed by atoms with Gasteiger partial charge in [-0.1, -0.05) is 0 Å². The molecule has 146 valence electrons. The quantitative estimate of drug-likeness (QED) is 0.631. The molecule has 0 spiro atoms. The summed E-state index contributed by atoms with van der Waals surface area (Å²) in [5.41, 5.74) is 1.01. The minimum absolute atomic E-state index is 0.0808. The third-order valence-electron chi connectivity index (χ3n) is 5.27. The maximum absolute atomic E-state index is 12.9. The number of aliphatic hydroxyl groups is 1. The van der Waals surface area contributed by atoms with Gasteiger partial charge in [-0.15, -0.1) is 0 Å². The average molecular weight is 379 g/mol. The number of aryl methyl sites for hydroxylation is 2. The molecule has 3 N–H and O–H groups in total. The first-order valence-electron chi connectivity index (χ1n) is 9.73. The second-order valence-electron chi connectivity index (χ2n) is 7.32. The SMILES string of the molecule is CCn1ccc2cc(Nc3cc(C)ccn3)nc(N[C@@H]3CCC[C@H]3O)c2c1=O. The van der Waals surface area contributed by atoms with Gasteiger partial charge in [0.1, 0.15) is 17.5 Å². The molecule has 0 aromatic carbocycles. The number of rotatable bonds is 5. The summed E-state index contributed by atoms with van der Waals surface area (Å²) >= 11 is 0. The Morgan fingerprint density at radius 2 is 2.11 bits per heavy atom. The van der Waals surface area contributed by atoms with Gasteiger partial charge < -0.3 is 20.3 Å². The van der Waals surface area contributed by atoms with Crippen LogP contribution in [0, 0.1) is 6.92 Å². The van der Waals surface area contributed by atoms with Gasteiger partial charge in [-0.25, -0.2) is 9.97 Å². The fourth-order valence-corrected chi connectivity index (χ4v) is 3.74. The van der Waals surface area contributed by atoms with E-state index in [1.165, 1.54) is 0 Å². The van der Waals surface area contributed by atoms with Crippen LogP contribution >= 0.6 is 0 Å². The number of fused-ring (bicyclic) bond motifs is 1. The lowest BCUT2D eigenvalue weighted by atomic mass is 10.1. The highest BCUT2D eigenvalue weighted by Crippen LogP contribution is 2.28. The van der Waals surface area contributed by atoms with Crippen LogP contribution in [0.3, 0.4) is 0 Å². The number of aromatic nitrogens is 3. The van der Waals surface area contributed by atoms with Crippen LogP contribution in [0.15, 0.2) is 41.5 Å². The van der Waals surface area contributed by atoms with Crippen molar-refractivity contribution in [1.82, 2.24) is 14.5 Å². The molecule has 0 aliphatic heterocycles. The molecule has 1 aliphatic rings. The smallest absolute Gasteiger partial charge is 0.262 e. The molecule has 3 aromatic heterocycles. The van der Waals surface area contributed by atoms with Crippen LogP contribution in [0.1, 0.15) is 31.7 Å². The van der Waals surface area contributed by atoms with Gasteiger partial charge in [0.05, 0.1) is 17.5 Å². The van der Waals surface area contributed by atoms with Crippen LogP contribution in [0.25, 0.3) is 10.8 Å². The molecule has 0 unspecified atom stereocenters. The minimum atomic E-state index is -0.427. The molecule has 3 aromatic rings. The zero-order valence-electron chi connectivity index (χ0n) is 16.1. The van der Waals surface area contributed by atoms with Crippen molar-refractivity contribution in [3.8, 4) is 0 Å². The highest BCUT2D eigenvalue weighted by atomic mass is 16.3. The Bertz CT molecular complexity index is 1060. The van der Waals surface area contributed by atoms with Gasteiger partial charge >= 0.3 is 0 Å². The Kier molecular flexibility index (Phi) is 5.00. The molecule has 0 saturated heterocycles. The molecule has 28 heavy (non-hydrogen) atoms. The zero-order valence-corrected chi connectivity index (χ0v) is 16.1. The fraction of sp³-hybridized carbons (Fsp3) is 0.381. The molecule has 1 saturated carbocycles. The van der Waals surface area contributed by atoms with Crippen LogP contribution in [0.2, 0.25) is 0 Å². The van der Waals surface area contributed by atoms with E-state index < -0.39 is 6.10 Å². The van der Waals surface area contributed by atoms with E-state index in [-0.39, 0.29) is 11.6 Å². The number of hydrogen-bond donors (Lipinski definition) is 3. The third kappa shape index (κ3) is 3.57. The van der Waals surface area contributed by atoms with E-state index in [2.05, 4.69) is 20.6 Å². The van der Waals surface area contributed by atoms with Gasteiger partial charge in [0.25, 0.3) is 5.56 Å². The summed E-state index contributed by atoms with van der Waals surface area (Å²) in [5.74, 6) is 1.81. The third-order valence-corrected chi connectivity index (χ3v) is 5.27. The number of anilines is 3. The zero-order chi connectivity index (χ0) is 19.7. The standard InChI is InChI=1S/C21H25N5O2/c1-3-26-10-8-14-12-18(24-17-11-13(2)7-9-22-17)25-20(19(14)21(26)28)23-15-5-4-6-16(15)27/h7-12,15-16,27H,3-6H2,1-2H3,(H2,22,23,24,25)/t15-,16-/m1/s1. The van der Waals surface area contributed by atoms with E-state index in [4.69, 9.17) is 0 Å². The van der Waals surface area contributed by atoms with Crippen LogP contribution in [0.4, 0.5) is 17.5 Å². The van der Waals surface area contributed by atoms with Crippen LogP contribution in [-0.2, 0) is 6.54 Å². The Morgan fingerprint density at radius 1 is 1.25 bits per heavy atom. The van der Waals surface area contributed by atoms with E-state index >= 15 is 0 Å². The van der Waals surface area contributed by atoms with Crippen molar-refractivity contribution in [3.05, 3.63) is 52.6 Å². The van der Waals surface area contributed by atoms with E-state index in [1.54, 1.807) is 17.0 Å². The molecular weight excluding hydrogens is 354 g/mol. The lowest BCUT2D eigenvalue weighted by Crippen LogP contribution is -2.30. The van der Waals surface area contributed by atoms with E-state index in [0.29, 0.717) is 29.4 Å². The van der Waals surface area contributed by atoms with Crippen LogP contribution in [0.5, 0.6) is 0 Å². The summed E-state index contributed by atoms with van der Waals surface area (Å²) in [6.45, 7) is 4.53. The highest BCUT2D eigenvalue weighted by molar-refractivity contribution is 5.93. The molecule has 1 aliphatic carbocycles. The molecule has 0 radical (unpaired) electrons. The molecule has 1 fully saturated rings. The monoisotopic (exact) mass is 379 g/mol. The van der Waals surface area contributed by atoms with Gasteiger partial charge in [0.15, 0.2) is 0 Å².